The van der Waals surface area contributed by atoms with Crippen LogP contribution in [0.5, 0.6) is 0 Å². The van der Waals surface area contributed by atoms with Gasteiger partial charge in [-0.25, -0.2) is 0 Å². The Bertz CT molecular complexity index is 874. The van der Waals surface area contributed by atoms with Gasteiger partial charge < -0.3 is 16.4 Å². The molecule has 2 rings (SSSR count). The van der Waals surface area contributed by atoms with E-state index >= 15 is 0 Å². The Balaban J connectivity index is 2.27. The van der Waals surface area contributed by atoms with Crippen LogP contribution in [-0.4, -0.2) is 28.8 Å². The average molecular weight is 381 g/mol. The highest BCUT2D eigenvalue weighted by Crippen LogP contribution is 2.29. The molecular formula is C15H15ClN5O5+. The van der Waals surface area contributed by atoms with Crippen molar-refractivity contribution in [3.05, 3.63) is 67.2 Å². The van der Waals surface area contributed by atoms with Crippen molar-refractivity contribution in [2.24, 2.45) is 0 Å². The molecule has 0 radical (unpaired) electrons. The normalized spacial score (nSPS) is 10.2. The number of hydrogen-bond acceptors (Lipinski definition) is 6. The summed E-state index contributed by atoms with van der Waals surface area (Å²) < 4.78 is 0. The lowest BCUT2D eigenvalue weighted by Crippen LogP contribution is -2.53. The van der Waals surface area contributed by atoms with Crippen molar-refractivity contribution < 1.29 is 20.4 Å². The monoisotopic (exact) mass is 380 g/mol. The number of amides is 1. The number of carbonyl (C=O) groups excluding carboxylic acids is 1. The largest absolute Gasteiger partial charge is 0.374 e. The van der Waals surface area contributed by atoms with Gasteiger partial charge in [0.25, 0.3) is 17.3 Å². The van der Waals surface area contributed by atoms with Crippen molar-refractivity contribution >= 4 is 40.3 Å². The number of hydrogen-bond donors (Lipinski definition) is 3. The Labute approximate surface area is 152 Å². The van der Waals surface area contributed by atoms with Crippen molar-refractivity contribution in [3.63, 3.8) is 0 Å². The molecule has 0 aliphatic rings. The molecule has 0 saturated heterocycles. The van der Waals surface area contributed by atoms with E-state index in [4.69, 9.17) is 11.6 Å². The molecule has 2 aromatic carbocycles. The standard InChI is InChI=1S/C15H14ClN5O5/c16-11-3-2-10(8-13(11)20(23)24)19-15(22)9-1-4-12(18-6-5-17)14(7-9)21(25)26/h1-4,7-8,18H,5-6,17H2,(H,19,22)/p+1. The van der Waals surface area contributed by atoms with Crippen LogP contribution in [0.1, 0.15) is 10.4 Å². The molecule has 0 unspecified atom stereocenters. The van der Waals surface area contributed by atoms with Gasteiger partial charge in [0.2, 0.25) is 0 Å². The van der Waals surface area contributed by atoms with Crippen molar-refractivity contribution in [3.8, 4) is 0 Å². The molecule has 26 heavy (non-hydrogen) atoms. The minimum Gasteiger partial charge on any atom is -0.374 e. The van der Waals surface area contributed by atoms with Crippen LogP contribution in [0.3, 0.4) is 0 Å². The van der Waals surface area contributed by atoms with E-state index in [1.807, 2.05) is 0 Å². The Hall–Kier alpha value is -3.24. The Morgan fingerprint density at radius 2 is 1.77 bits per heavy atom. The van der Waals surface area contributed by atoms with Crippen LogP contribution < -0.4 is 16.4 Å². The number of anilines is 2. The van der Waals surface area contributed by atoms with E-state index in [2.05, 4.69) is 16.4 Å². The van der Waals surface area contributed by atoms with E-state index in [9.17, 15) is 25.0 Å². The Morgan fingerprint density at radius 3 is 2.38 bits per heavy atom. The van der Waals surface area contributed by atoms with Gasteiger partial charge in [-0.15, -0.1) is 0 Å². The van der Waals surface area contributed by atoms with E-state index in [-0.39, 0.29) is 33.3 Å². The maximum atomic E-state index is 12.3. The molecule has 0 fully saturated rings. The number of carbonyl (C=O) groups is 1. The molecular weight excluding hydrogens is 366 g/mol. The summed E-state index contributed by atoms with van der Waals surface area (Å²) in [6.45, 7) is 0.982. The van der Waals surface area contributed by atoms with Gasteiger partial charge in [-0.05, 0) is 24.3 Å². The Morgan fingerprint density at radius 1 is 1.08 bits per heavy atom. The number of halogens is 1. The molecule has 0 heterocycles. The number of nitrogens with one attached hydrogen (secondary N) is 2. The van der Waals surface area contributed by atoms with Crippen molar-refractivity contribution in [2.75, 3.05) is 23.7 Å². The van der Waals surface area contributed by atoms with Gasteiger partial charge in [-0.3, -0.25) is 25.0 Å². The number of rotatable bonds is 7. The van der Waals surface area contributed by atoms with Gasteiger partial charge in [0.1, 0.15) is 10.7 Å². The topological polar surface area (TPSA) is 155 Å². The smallest absolute Gasteiger partial charge is 0.293 e. The van der Waals surface area contributed by atoms with Gasteiger partial charge in [-0.2, -0.15) is 0 Å². The second kappa shape index (κ2) is 8.23. The lowest BCUT2D eigenvalue weighted by molar-refractivity contribution is -0.384. The minimum atomic E-state index is -0.675. The highest BCUT2D eigenvalue weighted by molar-refractivity contribution is 6.32. The molecule has 0 aliphatic carbocycles. The first-order valence-electron chi connectivity index (χ1n) is 7.40. The lowest BCUT2D eigenvalue weighted by atomic mass is 10.1. The summed E-state index contributed by atoms with van der Waals surface area (Å²) in [5.74, 6) is -0.645. The van der Waals surface area contributed by atoms with Crippen LogP contribution in [0.2, 0.25) is 5.02 Å². The number of nitro groups is 2. The van der Waals surface area contributed by atoms with Crippen LogP contribution in [-0.2, 0) is 0 Å². The SMILES string of the molecule is [NH3+]CCNc1ccc(C(=O)Nc2ccc(Cl)c([N+](=O)[O-])c2)cc1[N+](=O)[O-]. The van der Waals surface area contributed by atoms with E-state index in [1.165, 1.54) is 24.3 Å². The predicted octanol–water partition coefficient (Wildman–Crippen LogP) is 2.06. The lowest BCUT2D eigenvalue weighted by Gasteiger charge is -2.08. The fraction of sp³-hybridized carbons (Fsp3) is 0.133. The molecule has 0 aliphatic heterocycles. The zero-order valence-corrected chi connectivity index (χ0v) is 14.2. The predicted molar refractivity (Wildman–Crippen MR) is 95.4 cm³/mol. The van der Waals surface area contributed by atoms with Crippen molar-refractivity contribution in [1.29, 1.82) is 0 Å². The third-order valence-corrected chi connectivity index (χ3v) is 3.67. The van der Waals surface area contributed by atoms with Gasteiger partial charge in [0.05, 0.1) is 22.9 Å². The molecule has 0 atom stereocenters. The molecule has 1 amide bonds. The van der Waals surface area contributed by atoms with E-state index in [0.29, 0.717) is 13.1 Å². The van der Waals surface area contributed by atoms with Gasteiger partial charge >= 0.3 is 0 Å². The first-order chi connectivity index (χ1) is 12.3. The maximum absolute atomic E-state index is 12.3. The number of benzene rings is 2. The number of quaternary nitrogens is 1. The summed E-state index contributed by atoms with van der Waals surface area (Å²) in [6, 6.07) is 7.75. The minimum absolute atomic E-state index is 0.0366. The number of nitrogens with zero attached hydrogens (tertiary/aromatic N) is 2. The van der Waals surface area contributed by atoms with Crippen molar-refractivity contribution in [1.82, 2.24) is 0 Å². The molecule has 2 aromatic rings. The van der Waals surface area contributed by atoms with Crippen LogP contribution in [0, 0.1) is 20.2 Å². The van der Waals surface area contributed by atoms with Gasteiger partial charge in [0, 0.05) is 23.4 Å². The summed E-state index contributed by atoms with van der Waals surface area (Å²) in [5.41, 5.74) is 3.48. The van der Waals surface area contributed by atoms with Crippen LogP contribution in [0.15, 0.2) is 36.4 Å². The second-order valence-electron chi connectivity index (χ2n) is 5.15. The highest BCUT2D eigenvalue weighted by Gasteiger charge is 2.19. The summed E-state index contributed by atoms with van der Waals surface area (Å²) in [5, 5.41) is 27.3. The third-order valence-electron chi connectivity index (χ3n) is 3.35. The molecule has 0 spiro atoms. The first-order valence-corrected chi connectivity index (χ1v) is 7.78. The zero-order chi connectivity index (χ0) is 19.3. The molecule has 0 saturated carbocycles. The first kappa shape index (κ1) is 19.1. The van der Waals surface area contributed by atoms with Crippen LogP contribution in [0.4, 0.5) is 22.7 Å². The van der Waals surface area contributed by atoms with E-state index in [1.54, 1.807) is 0 Å². The molecule has 0 bridgehead atoms. The molecule has 5 N–H and O–H groups in total. The zero-order valence-electron chi connectivity index (χ0n) is 13.4. The van der Waals surface area contributed by atoms with Crippen LogP contribution in [0.25, 0.3) is 0 Å². The highest BCUT2D eigenvalue weighted by atomic mass is 35.5. The maximum Gasteiger partial charge on any atom is 0.293 e. The molecule has 136 valence electrons. The quantitative estimate of drug-likeness (QED) is 0.493. The Kier molecular flexibility index (Phi) is 6.04. The average Bonchev–Trinajstić information content (AvgIpc) is 2.61. The van der Waals surface area contributed by atoms with Crippen LogP contribution >= 0.6 is 11.6 Å². The van der Waals surface area contributed by atoms with Gasteiger partial charge in [-0.1, -0.05) is 11.6 Å². The fourth-order valence-electron chi connectivity index (χ4n) is 2.13. The summed E-state index contributed by atoms with van der Waals surface area (Å²) in [7, 11) is 0. The molecule has 10 nitrogen and oxygen atoms in total. The number of nitro benzene ring substituents is 2. The third kappa shape index (κ3) is 4.43. The summed E-state index contributed by atoms with van der Waals surface area (Å²) in [4.78, 5) is 33.1. The molecule has 11 heteroatoms. The second-order valence-corrected chi connectivity index (χ2v) is 5.55. The van der Waals surface area contributed by atoms with E-state index in [0.717, 1.165) is 12.1 Å². The molecule has 0 aromatic heterocycles. The van der Waals surface area contributed by atoms with Gasteiger partial charge in [0.15, 0.2) is 0 Å². The van der Waals surface area contributed by atoms with E-state index < -0.39 is 15.8 Å². The van der Waals surface area contributed by atoms with Crippen molar-refractivity contribution in [2.45, 2.75) is 0 Å². The fourth-order valence-corrected chi connectivity index (χ4v) is 2.32. The summed E-state index contributed by atoms with van der Waals surface area (Å²) >= 11 is 5.72. The summed E-state index contributed by atoms with van der Waals surface area (Å²) in [6.07, 6.45) is 0.